The van der Waals surface area contributed by atoms with Gasteiger partial charge in [0, 0.05) is 12.5 Å². The highest BCUT2D eigenvalue weighted by Gasteiger charge is 2.21. The third-order valence-electron chi connectivity index (χ3n) is 4.57. The molecule has 1 heterocycles. The van der Waals surface area contributed by atoms with Gasteiger partial charge in [-0.15, -0.1) is 11.3 Å². The quantitative estimate of drug-likeness (QED) is 0.626. The average molecular weight is 366 g/mol. The molecule has 1 unspecified atom stereocenters. The Morgan fingerprint density at radius 2 is 2.00 bits per heavy atom. The van der Waals surface area contributed by atoms with Crippen molar-refractivity contribution < 1.29 is 19.5 Å². The Morgan fingerprint density at radius 1 is 1.24 bits per heavy atom. The molecule has 0 aliphatic heterocycles. The molecule has 0 bridgehead atoms. The fourth-order valence-corrected chi connectivity index (χ4v) is 3.95. The summed E-state index contributed by atoms with van der Waals surface area (Å²) in [6.07, 6.45) is 7.26. The molecule has 1 aliphatic carbocycles. The van der Waals surface area contributed by atoms with Crippen molar-refractivity contribution in [1.29, 1.82) is 0 Å². The van der Waals surface area contributed by atoms with E-state index in [1.165, 1.54) is 30.6 Å². The maximum atomic E-state index is 12.1. The van der Waals surface area contributed by atoms with Gasteiger partial charge >= 0.3 is 5.97 Å². The highest BCUT2D eigenvalue weighted by atomic mass is 32.1. The molecule has 0 spiro atoms. The zero-order valence-electron chi connectivity index (χ0n) is 14.3. The number of carbonyl (C=O) groups excluding carboxylic acids is 2. The molecule has 1 aromatic rings. The van der Waals surface area contributed by atoms with Crippen molar-refractivity contribution in [2.45, 2.75) is 57.4 Å². The summed E-state index contributed by atoms with van der Waals surface area (Å²) in [6.45, 7) is -0.0923. The first-order valence-corrected chi connectivity index (χ1v) is 9.75. The standard InChI is InChI=1S/C18H26N2O4S/c21-16(12-19-18(24)15-7-4-10-25-15)20-14(8-9-17(22)23)11-13-5-2-1-3-6-13/h4,7,10,13-14H,1-3,5-6,8-9,11-12H2,(H,19,24)(H,20,21)(H,22,23). The van der Waals surface area contributed by atoms with Crippen molar-refractivity contribution in [3.05, 3.63) is 22.4 Å². The number of amides is 2. The molecule has 0 aromatic carbocycles. The lowest BCUT2D eigenvalue weighted by Crippen LogP contribution is -2.43. The SMILES string of the molecule is O=C(O)CCC(CC1CCCCC1)NC(=O)CNC(=O)c1cccs1. The molecular weight excluding hydrogens is 340 g/mol. The predicted octanol–water partition coefficient (Wildman–Crippen LogP) is 2.80. The van der Waals surface area contributed by atoms with Crippen LogP contribution in [0.3, 0.4) is 0 Å². The van der Waals surface area contributed by atoms with Gasteiger partial charge in [-0.25, -0.2) is 0 Å². The Hall–Kier alpha value is -1.89. The molecule has 3 N–H and O–H groups in total. The molecule has 0 saturated heterocycles. The number of carbonyl (C=O) groups is 3. The van der Waals surface area contributed by atoms with Crippen LogP contribution in [0.4, 0.5) is 0 Å². The van der Waals surface area contributed by atoms with Gasteiger partial charge in [0.1, 0.15) is 0 Å². The molecule has 1 aromatic heterocycles. The first kappa shape index (κ1) is 19.4. The lowest BCUT2D eigenvalue weighted by Gasteiger charge is -2.27. The molecule has 1 atom stereocenters. The summed E-state index contributed by atoms with van der Waals surface area (Å²) >= 11 is 1.32. The van der Waals surface area contributed by atoms with E-state index in [0.29, 0.717) is 17.2 Å². The van der Waals surface area contributed by atoms with E-state index in [1.807, 2.05) is 0 Å². The van der Waals surface area contributed by atoms with Crippen molar-refractivity contribution in [3.8, 4) is 0 Å². The van der Waals surface area contributed by atoms with E-state index in [4.69, 9.17) is 5.11 Å². The van der Waals surface area contributed by atoms with E-state index in [0.717, 1.165) is 19.3 Å². The second-order valence-electron chi connectivity index (χ2n) is 6.60. The minimum atomic E-state index is -0.853. The van der Waals surface area contributed by atoms with Crippen molar-refractivity contribution in [1.82, 2.24) is 10.6 Å². The van der Waals surface area contributed by atoms with Crippen molar-refractivity contribution >= 4 is 29.1 Å². The van der Waals surface area contributed by atoms with Gasteiger partial charge in [0.2, 0.25) is 5.91 Å². The fraction of sp³-hybridized carbons (Fsp3) is 0.611. The summed E-state index contributed by atoms with van der Waals surface area (Å²) < 4.78 is 0. The predicted molar refractivity (Wildman–Crippen MR) is 96.6 cm³/mol. The molecule has 2 amide bonds. The van der Waals surface area contributed by atoms with E-state index in [-0.39, 0.29) is 30.8 Å². The largest absolute Gasteiger partial charge is 0.481 e. The van der Waals surface area contributed by atoms with Crippen LogP contribution in [-0.2, 0) is 9.59 Å². The first-order valence-electron chi connectivity index (χ1n) is 8.87. The third-order valence-corrected chi connectivity index (χ3v) is 5.44. The van der Waals surface area contributed by atoms with E-state index in [9.17, 15) is 14.4 Å². The molecule has 138 valence electrons. The lowest BCUT2D eigenvalue weighted by atomic mass is 9.84. The van der Waals surface area contributed by atoms with Crippen LogP contribution in [0.15, 0.2) is 17.5 Å². The van der Waals surface area contributed by atoms with Crippen molar-refractivity contribution in [3.63, 3.8) is 0 Å². The highest BCUT2D eigenvalue weighted by molar-refractivity contribution is 7.12. The Kier molecular flexibility index (Phi) is 7.91. The van der Waals surface area contributed by atoms with Gasteiger partial charge in [0.25, 0.3) is 5.91 Å². The van der Waals surface area contributed by atoms with E-state index in [1.54, 1.807) is 17.5 Å². The van der Waals surface area contributed by atoms with Gasteiger partial charge < -0.3 is 15.7 Å². The number of nitrogens with one attached hydrogen (secondary N) is 2. The highest BCUT2D eigenvalue weighted by Crippen LogP contribution is 2.28. The summed E-state index contributed by atoms with van der Waals surface area (Å²) in [5.41, 5.74) is 0. The number of rotatable bonds is 9. The van der Waals surface area contributed by atoms with Gasteiger partial charge in [0.05, 0.1) is 11.4 Å². The zero-order valence-corrected chi connectivity index (χ0v) is 15.1. The maximum Gasteiger partial charge on any atom is 0.303 e. The van der Waals surface area contributed by atoms with Crippen molar-refractivity contribution in [2.75, 3.05) is 6.54 Å². The van der Waals surface area contributed by atoms with Crippen LogP contribution in [0, 0.1) is 5.92 Å². The summed E-state index contributed by atoms with van der Waals surface area (Å²) in [7, 11) is 0. The minimum Gasteiger partial charge on any atom is -0.481 e. The molecule has 0 radical (unpaired) electrons. The minimum absolute atomic E-state index is 0.0409. The molecule has 6 nitrogen and oxygen atoms in total. The van der Waals surface area contributed by atoms with E-state index < -0.39 is 5.97 Å². The van der Waals surface area contributed by atoms with Gasteiger partial charge in [-0.1, -0.05) is 38.2 Å². The van der Waals surface area contributed by atoms with Crippen LogP contribution in [0.25, 0.3) is 0 Å². The average Bonchev–Trinajstić information content (AvgIpc) is 3.13. The molecule has 7 heteroatoms. The summed E-state index contributed by atoms with van der Waals surface area (Å²) in [6, 6.07) is 3.34. The topological polar surface area (TPSA) is 95.5 Å². The molecule has 1 saturated carbocycles. The van der Waals surface area contributed by atoms with Crippen molar-refractivity contribution in [2.24, 2.45) is 5.92 Å². The number of hydrogen-bond donors (Lipinski definition) is 3. The molecule has 1 aliphatic rings. The van der Waals surface area contributed by atoms with Crippen LogP contribution < -0.4 is 10.6 Å². The number of carboxylic acid groups (broad SMARTS) is 1. The first-order chi connectivity index (χ1) is 12.0. The Balaban J connectivity index is 1.80. The summed E-state index contributed by atoms with van der Waals surface area (Å²) in [4.78, 5) is 35.4. The monoisotopic (exact) mass is 366 g/mol. The molecular formula is C18H26N2O4S. The van der Waals surface area contributed by atoms with Crippen LogP contribution in [-0.4, -0.2) is 35.5 Å². The van der Waals surface area contributed by atoms with E-state index >= 15 is 0 Å². The number of hydrogen-bond acceptors (Lipinski definition) is 4. The lowest BCUT2D eigenvalue weighted by molar-refractivity contribution is -0.137. The number of aliphatic carboxylic acids is 1. The second kappa shape index (κ2) is 10.2. The van der Waals surface area contributed by atoms with E-state index in [2.05, 4.69) is 10.6 Å². The fourth-order valence-electron chi connectivity index (χ4n) is 3.31. The van der Waals surface area contributed by atoms with Gasteiger partial charge in [-0.2, -0.15) is 0 Å². The van der Waals surface area contributed by atoms with Gasteiger partial charge in [0.15, 0.2) is 0 Å². The smallest absolute Gasteiger partial charge is 0.303 e. The van der Waals surface area contributed by atoms with Gasteiger partial charge in [-0.3, -0.25) is 14.4 Å². The van der Waals surface area contributed by atoms with Crippen LogP contribution >= 0.6 is 11.3 Å². The van der Waals surface area contributed by atoms with Gasteiger partial charge in [-0.05, 0) is 30.2 Å². The Labute approximate surface area is 152 Å². The molecule has 25 heavy (non-hydrogen) atoms. The third kappa shape index (κ3) is 7.25. The van der Waals surface area contributed by atoms with Crippen LogP contribution in [0.2, 0.25) is 0 Å². The second-order valence-corrected chi connectivity index (χ2v) is 7.54. The number of carboxylic acids is 1. The molecule has 2 rings (SSSR count). The maximum absolute atomic E-state index is 12.1. The normalized spacial score (nSPS) is 16.2. The summed E-state index contributed by atoms with van der Waals surface area (Å²) in [5.74, 6) is -0.835. The number of thiophene rings is 1. The van der Waals surface area contributed by atoms with Crippen LogP contribution in [0.1, 0.15) is 61.0 Å². The molecule has 1 fully saturated rings. The summed E-state index contributed by atoms with van der Waals surface area (Å²) in [5, 5.41) is 16.2. The Bertz CT molecular complexity index is 568. The zero-order chi connectivity index (χ0) is 18.1. The van der Waals surface area contributed by atoms with Crippen LogP contribution in [0.5, 0.6) is 0 Å². The Morgan fingerprint density at radius 3 is 2.64 bits per heavy atom.